The van der Waals surface area contributed by atoms with Crippen LogP contribution < -0.4 is 15.8 Å². The third-order valence-corrected chi connectivity index (χ3v) is 2.84. The maximum atomic E-state index is 12.0. The number of hydrogen-bond acceptors (Lipinski definition) is 4. The quantitative estimate of drug-likeness (QED) is 0.556. The molecule has 1 rings (SSSR count). The van der Waals surface area contributed by atoms with Gasteiger partial charge >= 0.3 is 0 Å². The van der Waals surface area contributed by atoms with Crippen molar-refractivity contribution in [1.82, 2.24) is 5.32 Å². The van der Waals surface area contributed by atoms with Crippen LogP contribution in [0.4, 0.5) is 5.69 Å². The highest BCUT2D eigenvalue weighted by atomic mass is 16.5. The molecule has 0 saturated carbocycles. The number of ether oxygens (including phenoxy) is 2. The number of nitrogens with two attached hydrogens (primary N) is 1. The number of rotatable bonds is 8. The third-order valence-electron chi connectivity index (χ3n) is 2.84. The van der Waals surface area contributed by atoms with Gasteiger partial charge in [-0.1, -0.05) is 6.07 Å². The summed E-state index contributed by atoms with van der Waals surface area (Å²) in [6.07, 6.45) is 2.97. The van der Waals surface area contributed by atoms with Gasteiger partial charge in [0.2, 0.25) is 0 Å². The second-order valence-corrected chi connectivity index (χ2v) is 4.23. The minimum Gasteiger partial charge on any atom is -0.495 e. The fraction of sp³-hybridized carbons (Fsp3) is 0.500. The number of carbonyl (C=O) groups is 1. The number of nitrogen functional groups attached to an aromatic ring is 1. The lowest BCUT2D eigenvalue weighted by molar-refractivity contribution is 0.0953. The summed E-state index contributed by atoms with van der Waals surface area (Å²) in [5.74, 6) is 0.357. The van der Waals surface area contributed by atoms with Crippen LogP contribution in [-0.4, -0.2) is 33.3 Å². The standard InChI is InChI=1S/C14H22N2O3/c1-18-10-5-3-4-9-16-14(17)11-7-6-8-12(19-2)13(11)15/h6-8H,3-5,9-10,15H2,1-2H3,(H,16,17). The Balaban J connectivity index is 2.41. The molecule has 3 N–H and O–H groups in total. The summed E-state index contributed by atoms with van der Waals surface area (Å²) in [5, 5.41) is 2.85. The van der Waals surface area contributed by atoms with Gasteiger partial charge in [-0.2, -0.15) is 0 Å². The van der Waals surface area contributed by atoms with Crippen LogP contribution in [0, 0.1) is 0 Å². The van der Waals surface area contributed by atoms with Gasteiger partial charge in [0.1, 0.15) is 5.75 Å². The van der Waals surface area contributed by atoms with Crippen LogP contribution in [0.15, 0.2) is 18.2 Å². The Kier molecular flexibility index (Phi) is 6.74. The molecule has 0 spiro atoms. The first-order valence-electron chi connectivity index (χ1n) is 6.40. The van der Waals surface area contributed by atoms with Crippen LogP contribution in [0.5, 0.6) is 5.75 Å². The number of methoxy groups -OCH3 is 2. The van der Waals surface area contributed by atoms with Gasteiger partial charge in [0, 0.05) is 20.3 Å². The van der Waals surface area contributed by atoms with E-state index in [0.717, 1.165) is 25.9 Å². The predicted molar refractivity (Wildman–Crippen MR) is 75.5 cm³/mol. The van der Waals surface area contributed by atoms with Crippen LogP contribution in [0.25, 0.3) is 0 Å². The van der Waals surface area contributed by atoms with Gasteiger partial charge in [-0.05, 0) is 31.4 Å². The largest absolute Gasteiger partial charge is 0.495 e. The summed E-state index contributed by atoms with van der Waals surface area (Å²) >= 11 is 0. The summed E-state index contributed by atoms with van der Waals surface area (Å²) in [7, 11) is 3.22. The number of hydrogen-bond donors (Lipinski definition) is 2. The minimum absolute atomic E-state index is 0.164. The molecule has 0 aliphatic carbocycles. The maximum Gasteiger partial charge on any atom is 0.253 e. The van der Waals surface area contributed by atoms with Crippen LogP contribution in [0.2, 0.25) is 0 Å². The monoisotopic (exact) mass is 266 g/mol. The number of amides is 1. The molecule has 1 amide bonds. The molecule has 0 aliphatic heterocycles. The molecular weight excluding hydrogens is 244 g/mol. The molecule has 106 valence electrons. The Labute approximate surface area is 114 Å². The molecule has 0 radical (unpaired) electrons. The van der Waals surface area contributed by atoms with Crippen LogP contribution in [0.3, 0.4) is 0 Å². The SMILES string of the molecule is COCCCCCNC(=O)c1cccc(OC)c1N. The van der Waals surface area contributed by atoms with E-state index in [9.17, 15) is 4.79 Å². The maximum absolute atomic E-state index is 12.0. The van der Waals surface area contributed by atoms with Crippen LogP contribution in [-0.2, 0) is 4.74 Å². The number of benzene rings is 1. The summed E-state index contributed by atoms with van der Waals surface area (Å²) in [6, 6.07) is 5.18. The first-order chi connectivity index (χ1) is 9.20. The molecule has 0 aromatic heterocycles. The van der Waals surface area contributed by atoms with Crippen LogP contribution >= 0.6 is 0 Å². The molecule has 19 heavy (non-hydrogen) atoms. The van der Waals surface area contributed by atoms with Gasteiger partial charge in [0.05, 0.1) is 18.4 Å². The van der Waals surface area contributed by atoms with Gasteiger partial charge < -0.3 is 20.5 Å². The first-order valence-corrected chi connectivity index (χ1v) is 6.40. The molecule has 0 unspecified atom stereocenters. The second-order valence-electron chi connectivity index (χ2n) is 4.23. The van der Waals surface area contributed by atoms with E-state index < -0.39 is 0 Å². The van der Waals surface area contributed by atoms with Crippen molar-refractivity contribution in [3.63, 3.8) is 0 Å². The lowest BCUT2D eigenvalue weighted by atomic mass is 10.1. The molecule has 0 bridgehead atoms. The van der Waals surface area contributed by atoms with E-state index in [4.69, 9.17) is 15.2 Å². The van der Waals surface area contributed by atoms with E-state index in [1.165, 1.54) is 7.11 Å². The summed E-state index contributed by atoms with van der Waals surface area (Å²) in [4.78, 5) is 12.0. The van der Waals surface area contributed by atoms with Gasteiger partial charge in [-0.3, -0.25) is 4.79 Å². The van der Waals surface area contributed by atoms with E-state index in [1.807, 2.05) is 0 Å². The van der Waals surface area contributed by atoms with Crippen molar-refractivity contribution in [2.45, 2.75) is 19.3 Å². The summed E-state index contributed by atoms with van der Waals surface area (Å²) in [5.41, 5.74) is 6.69. The molecule has 0 fully saturated rings. The number of anilines is 1. The molecule has 0 saturated heterocycles. The number of unbranched alkanes of at least 4 members (excludes halogenated alkanes) is 2. The highest BCUT2D eigenvalue weighted by Gasteiger charge is 2.12. The molecular formula is C14H22N2O3. The fourth-order valence-corrected chi connectivity index (χ4v) is 1.77. The second kappa shape index (κ2) is 8.37. The molecule has 0 aliphatic rings. The van der Waals surface area contributed by atoms with Crippen molar-refractivity contribution >= 4 is 11.6 Å². The molecule has 1 aromatic rings. The van der Waals surface area contributed by atoms with Crippen molar-refractivity contribution in [2.75, 3.05) is 33.1 Å². The van der Waals surface area contributed by atoms with Gasteiger partial charge in [-0.25, -0.2) is 0 Å². The predicted octanol–water partition coefficient (Wildman–Crippen LogP) is 1.82. The van der Waals surface area contributed by atoms with Crippen molar-refractivity contribution in [3.05, 3.63) is 23.8 Å². The van der Waals surface area contributed by atoms with E-state index in [1.54, 1.807) is 25.3 Å². The topological polar surface area (TPSA) is 73.6 Å². The number of para-hydroxylation sites is 1. The average Bonchev–Trinajstić information content (AvgIpc) is 2.42. The highest BCUT2D eigenvalue weighted by molar-refractivity contribution is 6.00. The molecule has 0 atom stereocenters. The lowest BCUT2D eigenvalue weighted by Crippen LogP contribution is -2.25. The minimum atomic E-state index is -0.164. The Hall–Kier alpha value is -1.75. The third kappa shape index (κ3) is 4.79. The Morgan fingerprint density at radius 2 is 2.05 bits per heavy atom. The van der Waals surface area contributed by atoms with Gasteiger partial charge in [-0.15, -0.1) is 0 Å². The Morgan fingerprint density at radius 1 is 1.26 bits per heavy atom. The lowest BCUT2D eigenvalue weighted by Gasteiger charge is -2.10. The fourth-order valence-electron chi connectivity index (χ4n) is 1.77. The summed E-state index contributed by atoms with van der Waals surface area (Å²) in [6.45, 7) is 1.40. The first kappa shape index (κ1) is 15.3. The van der Waals surface area contributed by atoms with Crippen molar-refractivity contribution in [3.8, 4) is 5.75 Å². The van der Waals surface area contributed by atoms with E-state index >= 15 is 0 Å². The van der Waals surface area contributed by atoms with E-state index in [-0.39, 0.29) is 5.91 Å². The zero-order valence-corrected chi connectivity index (χ0v) is 11.6. The van der Waals surface area contributed by atoms with E-state index in [0.29, 0.717) is 23.5 Å². The van der Waals surface area contributed by atoms with Gasteiger partial charge in [0.15, 0.2) is 0 Å². The molecule has 5 nitrogen and oxygen atoms in total. The number of nitrogens with one attached hydrogen (secondary N) is 1. The summed E-state index contributed by atoms with van der Waals surface area (Å²) < 4.78 is 10.0. The Morgan fingerprint density at radius 3 is 2.74 bits per heavy atom. The van der Waals surface area contributed by atoms with Crippen molar-refractivity contribution in [1.29, 1.82) is 0 Å². The molecule has 1 aromatic carbocycles. The normalized spacial score (nSPS) is 10.2. The molecule has 5 heteroatoms. The van der Waals surface area contributed by atoms with Gasteiger partial charge in [0.25, 0.3) is 5.91 Å². The van der Waals surface area contributed by atoms with Crippen LogP contribution in [0.1, 0.15) is 29.6 Å². The van der Waals surface area contributed by atoms with E-state index in [2.05, 4.69) is 5.32 Å². The highest BCUT2D eigenvalue weighted by Crippen LogP contribution is 2.24. The van der Waals surface area contributed by atoms with Crippen molar-refractivity contribution < 1.29 is 14.3 Å². The smallest absolute Gasteiger partial charge is 0.253 e. The zero-order valence-electron chi connectivity index (χ0n) is 11.6. The number of carbonyl (C=O) groups excluding carboxylic acids is 1. The molecule has 0 heterocycles. The average molecular weight is 266 g/mol. The van der Waals surface area contributed by atoms with Crippen molar-refractivity contribution in [2.24, 2.45) is 0 Å². The Bertz CT molecular complexity index is 408. The zero-order chi connectivity index (χ0) is 14.1.